The summed E-state index contributed by atoms with van der Waals surface area (Å²) >= 11 is 3.61. The number of halogens is 4. The van der Waals surface area contributed by atoms with Crippen molar-refractivity contribution in [3.63, 3.8) is 0 Å². The molecule has 1 aromatic rings. The first-order valence-corrected chi connectivity index (χ1v) is 5.45. The molecule has 2 nitrogen and oxygen atoms in total. The molecule has 1 N–H and O–H groups in total. The molecule has 0 aliphatic carbocycles. The quantitative estimate of drug-likeness (QED) is 0.600. The van der Waals surface area contributed by atoms with Gasteiger partial charge in [-0.3, -0.25) is 0 Å². The van der Waals surface area contributed by atoms with E-state index in [9.17, 15) is 8.78 Å². The van der Waals surface area contributed by atoms with Crippen LogP contribution in [0.5, 0.6) is 0 Å². The zero-order valence-corrected chi connectivity index (χ0v) is 10.6. The standard InChI is InChI=1S/C7H5F2I2NO/c8-7(9)3-1-5(10)12-4(2-13)6(3)11/h1,7,13H,2H2. The van der Waals surface area contributed by atoms with Gasteiger partial charge in [-0.15, -0.1) is 0 Å². The van der Waals surface area contributed by atoms with Crippen molar-refractivity contribution in [2.75, 3.05) is 0 Å². The Morgan fingerprint density at radius 1 is 1.46 bits per heavy atom. The van der Waals surface area contributed by atoms with Gasteiger partial charge in [0.05, 0.1) is 12.3 Å². The highest BCUT2D eigenvalue weighted by atomic mass is 127. The second-order valence-corrected chi connectivity index (χ2v) is 4.44. The molecule has 0 saturated heterocycles. The third-order valence-corrected chi connectivity index (χ3v) is 3.21. The minimum Gasteiger partial charge on any atom is -0.390 e. The van der Waals surface area contributed by atoms with Crippen LogP contribution < -0.4 is 0 Å². The van der Waals surface area contributed by atoms with Crippen molar-refractivity contribution >= 4 is 45.2 Å². The van der Waals surface area contributed by atoms with Gasteiger partial charge in [0.1, 0.15) is 3.70 Å². The fraction of sp³-hybridized carbons (Fsp3) is 0.286. The third kappa shape index (κ3) is 2.69. The molecule has 0 radical (unpaired) electrons. The van der Waals surface area contributed by atoms with Crippen LogP contribution in [0.25, 0.3) is 0 Å². The first-order chi connectivity index (χ1) is 6.06. The van der Waals surface area contributed by atoms with Gasteiger partial charge < -0.3 is 5.11 Å². The summed E-state index contributed by atoms with van der Waals surface area (Å²) in [6.45, 7) is -0.311. The van der Waals surface area contributed by atoms with Gasteiger partial charge in [-0.2, -0.15) is 0 Å². The lowest BCUT2D eigenvalue weighted by atomic mass is 10.2. The highest BCUT2D eigenvalue weighted by Gasteiger charge is 2.16. The molecule has 6 heteroatoms. The van der Waals surface area contributed by atoms with Gasteiger partial charge in [-0.05, 0) is 51.2 Å². The molecule has 0 atom stereocenters. The highest BCUT2D eigenvalue weighted by molar-refractivity contribution is 14.1. The molecule has 0 saturated carbocycles. The van der Waals surface area contributed by atoms with Crippen LogP contribution in [0.3, 0.4) is 0 Å². The maximum Gasteiger partial charge on any atom is 0.265 e. The van der Waals surface area contributed by atoms with Crippen molar-refractivity contribution < 1.29 is 13.9 Å². The predicted molar refractivity (Wildman–Crippen MR) is 60.6 cm³/mol. The van der Waals surface area contributed by atoms with Gasteiger partial charge in [0.25, 0.3) is 6.43 Å². The number of rotatable bonds is 2. The second-order valence-electron chi connectivity index (χ2n) is 2.25. The molecule has 1 heterocycles. The number of nitrogens with zero attached hydrogens (tertiary/aromatic N) is 1. The summed E-state index contributed by atoms with van der Waals surface area (Å²) in [7, 11) is 0. The number of aromatic nitrogens is 1. The van der Waals surface area contributed by atoms with Crippen LogP contribution in [-0.4, -0.2) is 10.1 Å². The predicted octanol–water partition coefficient (Wildman–Crippen LogP) is 2.72. The lowest BCUT2D eigenvalue weighted by Crippen LogP contribution is -2.01. The fourth-order valence-electron chi connectivity index (χ4n) is 0.832. The molecule has 1 rings (SSSR count). The average molecular weight is 411 g/mol. The Morgan fingerprint density at radius 3 is 2.54 bits per heavy atom. The average Bonchev–Trinajstić information content (AvgIpc) is 2.08. The lowest BCUT2D eigenvalue weighted by molar-refractivity contribution is 0.149. The third-order valence-electron chi connectivity index (χ3n) is 1.41. The van der Waals surface area contributed by atoms with Crippen molar-refractivity contribution in [2.24, 2.45) is 0 Å². The summed E-state index contributed by atoms with van der Waals surface area (Å²) in [5.41, 5.74) is 0.242. The van der Waals surface area contributed by atoms with E-state index in [4.69, 9.17) is 5.11 Å². The van der Waals surface area contributed by atoms with E-state index in [0.717, 1.165) is 0 Å². The summed E-state index contributed by atoms with van der Waals surface area (Å²) in [5.74, 6) is 0. The van der Waals surface area contributed by atoms with Crippen molar-refractivity contribution in [1.29, 1.82) is 0 Å². The van der Waals surface area contributed by atoms with Crippen molar-refractivity contribution in [3.8, 4) is 0 Å². The molecular formula is C7H5F2I2NO. The smallest absolute Gasteiger partial charge is 0.265 e. The van der Waals surface area contributed by atoms with Gasteiger partial charge in [-0.1, -0.05) is 0 Å². The Labute approximate surface area is 101 Å². The molecular weight excluding hydrogens is 406 g/mol. The first-order valence-electron chi connectivity index (χ1n) is 3.30. The zero-order valence-electron chi connectivity index (χ0n) is 6.27. The van der Waals surface area contributed by atoms with Gasteiger partial charge in [0.2, 0.25) is 0 Å². The van der Waals surface area contributed by atoms with Crippen LogP contribution in [0.4, 0.5) is 8.78 Å². The maximum atomic E-state index is 12.4. The van der Waals surface area contributed by atoms with E-state index in [2.05, 4.69) is 4.98 Å². The summed E-state index contributed by atoms with van der Waals surface area (Å²) in [5, 5.41) is 8.83. The first kappa shape index (κ1) is 11.5. The fourth-order valence-corrected chi connectivity index (χ4v) is 2.14. The maximum absolute atomic E-state index is 12.4. The van der Waals surface area contributed by atoms with E-state index in [1.807, 2.05) is 22.6 Å². The molecule has 0 aromatic carbocycles. The largest absolute Gasteiger partial charge is 0.390 e. The van der Waals surface area contributed by atoms with Crippen LogP contribution >= 0.6 is 45.2 Å². The van der Waals surface area contributed by atoms with E-state index in [1.165, 1.54) is 6.07 Å². The summed E-state index contributed by atoms with van der Waals surface area (Å²) < 4.78 is 25.6. The van der Waals surface area contributed by atoms with Crippen LogP contribution in [0.2, 0.25) is 0 Å². The van der Waals surface area contributed by atoms with Gasteiger partial charge in [-0.25, -0.2) is 13.8 Å². The summed E-state index contributed by atoms with van der Waals surface area (Å²) in [6, 6.07) is 1.33. The molecule has 1 aromatic heterocycles. The number of aliphatic hydroxyl groups excluding tert-OH is 1. The Morgan fingerprint density at radius 2 is 2.08 bits per heavy atom. The van der Waals surface area contributed by atoms with Crippen LogP contribution in [0.15, 0.2) is 6.07 Å². The molecule has 0 bridgehead atoms. The Kier molecular flexibility index (Phi) is 4.23. The van der Waals surface area contributed by atoms with Crippen molar-refractivity contribution in [3.05, 3.63) is 24.6 Å². The molecule has 13 heavy (non-hydrogen) atoms. The molecule has 0 spiro atoms. The number of aliphatic hydroxyl groups is 1. The Balaban J connectivity index is 3.27. The van der Waals surface area contributed by atoms with Gasteiger partial charge in [0, 0.05) is 9.13 Å². The summed E-state index contributed by atoms with van der Waals surface area (Å²) in [6.07, 6.45) is -2.52. The minimum absolute atomic E-state index is 0.0657. The zero-order chi connectivity index (χ0) is 10.0. The van der Waals surface area contributed by atoms with E-state index < -0.39 is 6.43 Å². The number of hydrogen-bond acceptors (Lipinski definition) is 2. The Hall–Kier alpha value is 0.430. The van der Waals surface area contributed by atoms with E-state index >= 15 is 0 Å². The Bertz CT molecular complexity index is 320. The normalized spacial score (nSPS) is 10.9. The number of alkyl halides is 2. The van der Waals surface area contributed by atoms with E-state index in [1.54, 1.807) is 22.6 Å². The van der Waals surface area contributed by atoms with E-state index in [0.29, 0.717) is 13.0 Å². The van der Waals surface area contributed by atoms with Crippen LogP contribution in [0, 0.1) is 7.27 Å². The minimum atomic E-state index is -2.52. The van der Waals surface area contributed by atoms with Gasteiger partial charge in [0.15, 0.2) is 0 Å². The van der Waals surface area contributed by atoms with Crippen molar-refractivity contribution in [1.82, 2.24) is 4.98 Å². The number of pyridine rings is 1. The molecule has 0 aliphatic heterocycles. The van der Waals surface area contributed by atoms with E-state index in [-0.39, 0.29) is 12.2 Å². The summed E-state index contributed by atoms with van der Waals surface area (Å²) in [4.78, 5) is 3.93. The second kappa shape index (κ2) is 4.78. The number of hydrogen-bond donors (Lipinski definition) is 1. The van der Waals surface area contributed by atoms with Gasteiger partial charge >= 0.3 is 0 Å². The van der Waals surface area contributed by atoms with Crippen molar-refractivity contribution in [2.45, 2.75) is 13.0 Å². The SMILES string of the molecule is OCc1nc(I)cc(C(F)F)c1I. The molecule has 0 amide bonds. The molecule has 0 fully saturated rings. The topological polar surface area (TPSA) is 33.1 Å². The molecule has 72 valence electrons. The molecule has 0 unspecified atom stereocenters. The lowest BCUT2D eigenvalue weighted by Gasteiger charge is -2.07. The monoisotopic (exact) mass is 411 g/mol. The molecule has 0 aliphatic rings. The highest BCUT2D eigenvalue weighted by Crippen LogP contribution is 2.27. The van der Waals surface area contributed by atoms with Crippen LogP contribution in [0.1, 0.15) is 17.7 Å². The van der Waals surface area contributed by atoms with Crippen LogP contribution in [-0.2, 0) is 6.61 Å².